The number of fused-ring (bicyclic) bond motifs is 3. The van der Waals surface area contributed by atoms with Crippen molar-refractivity contribution < 1.29 is 28.2 Å². The smallest absolute Gasteiger partial charge is 0.409 e. The Hall–Kier alpha value is -2.96. The molecular weight excluding hydrogens is 368 g/mol. The second-order valence-electron chi connectivity index (χ2n) is 7.17. The van der Waals surface area contributed by atoms with Gasteiger partial charge in [-0.1, -0.05) is 48.5 Å². The lowest BCUT2D eigenvalue weighted by molar-refractivity contribution is -0.165. The number of amides is 1. The lowest BCUT2D eigenvalue weighted by atomic mass is 9.93. The molecule has 1 N–H and O–H groups in total. The van der Waals surface area contributed by atoms with E-state index in [0.717, 1.165) is 27.2 Å². The van der Waals surface area contributed by atoms with Gasteiger partial charge >= 0.3 is 12.1 Å². The molecule has 1 heterocycles. The number of nitrogens with zero attached hydrogens (tertiary/aromatic N) is 1. The Morgan fingerprint density at radius 2 is 1.64 bits per heavy atom. The molecule has 1 aliphatic carbocycles. The molecule has 0 unspecified atom stereocenters. The number of carboxylic acid groups (broad SMARTS) is 1. The van der Waals surface area contributed by atoms with Crippen LogP contribution in [0.2, 0.25) is 0 Å². The highest BCUT2D eigenvalue weighted by atomic mass is 19.3. The number of alkyl halides is 2. The maximum atomic E-state index is 14.0. The third-order valence-corrected chi connectivity index (χ3v) is 5.49. The molecule has 1 saturated heterocycles. The molecular formula is C21H19F2NO4. The number of hydrogen-bond acceptors (Lipinski definition) is 3. The molecule has 146 valence electrons. The van der Waals surface area contributed by atoms with Gasteiger partial charge in [-0.25, -0.2) is 13.6 Å². The first kappa shape index (κ1) is 18.4. The lowest BCUT2D eigenvalue weighted by Gasteiger charge is -2.35. The van der Waals surface area contributed by atoms with E-state index in [9.17, 15) is 18.4 Å². The van der Waals surface area contributed by atoms with E-state index >= 15 is 0 Å². The average Bonchev–Trinajstić information content (AvgIpc) is 2.99. The van der Waals surface area contributed by atoms with Crippen molar-refractivity contribution in [2.75, 3.05) is 19.7 Å². The number of ether oxygens (including phenoxy) is 1. The summed E-state index contributed by atoms with van der Waals surface area (Å²) in [6, 6.07) is 15.7. The third kappa shape index (κ3) is 3.10. The number of rotatable bonds is 3. The summed E-state index contributed by atoms with van der Waals surface area (Å²) in [5.41, 5.74) is 4.22. The van der Waals surface area contributed by atoms with Crippen LogP contribution in [-0.2, 0) is 9.53 Å². The Bertz CT molecular complexity index is 885. The summed E-state index contributed by atoms with van der Waals surface area (Å²) < 4.78 is 33.4. The summed E-state index contributed by atoms with van der Waals surface area (Å²) >= 11 is 0. The Morgan fingerprint density at radius 1 is 1.07 bits per heavy atom. The number of aliphatic carboxylic acids is 1. The Morgan fingerprint density at radius 3 is 2.18 bits per heavy atom. The molecule has 2 aromatic carbocycles. The van der Waals surface area contributed by atoms with Gasteiger partial charge < -0.3 is 14.7 Å². The number of piperidine rings is 1. The molecule has 1 aliphatic heterocycles. The van der Waals surface area contributed by atoms with Gasteiger partial charge in [-0.05, 0) is 28.7 Å². The van der Waals surface area contributed by atoms with Gasteiger partial charge in [-0.15, -0.1) is 0 Å². The molecule has 4 rings (SSSR count). The van der Waals surface area contributed by atoms with Crippen LogP contribution in [0.25, 0.3) is 11.1 Å². The first-order valence-corrected chi connectivity index (χ1v) is 9.09. The number of halogens is 2. The van der Waals surface area contributed by atoms with E-state index in [1.807, 2.05) is 48.5 Å². The van der Waals surface area contributed by atoms with E-state index in [4.69, 9.17) is 9.84 Å². The number of carbonyl (C=O) groups excluding carboxylic acids is 1. The molecule has 0 aromatic heterocycles. The zero-order valence-electron chi connectivity index (χ0n) is 15.0. The maximum Gasteiger partial charge on any atom is 0.409 e. The SMILES string of the molecule is O=C(O)[C@@H]1CCN(C(=O)OCC2c3ccccc3-c3ccccc32)CC1(F)F. The normalized spacial score (nSPS) is 20.4. The van der Waals surface area contributed by atoms with Gasteiger partial charge in [0.15, 0.2) is 0 Å². The highest BCUT2D eigenvalue weighted by Gasteiger charge is 2.50. The van der Waals surface area contributed by atoms with Crippen molar-refractivity contribution in [3.63, 3.8) is 0 Å². The third-order valence-electron chi connectivity index (χ3n) is 5.49. The van der Waals surface area contributed by atoms with Crippen molar-refractivity contribution >= 4 is 12.1 Å². The molecule has 1 amide bonds. The van der Waals surface area contributed by atoms with Crippen LogP contribution in [0.4, 0.5) is 13.6 Å². The van der Waals surface area contributed by atoms with Crippen LogP contribution in [-0.4, -0.2) is 47.7 Å². The number of hydrogen-bond donors (Lipinski definition) is 1. The van der Waals surface area contributed by atoms with E-state index < -0.39 is 30.4 Å². The van der Waals surface area contributed by atoms with Crippen molar-refractivity contribution in [1.82, 2.24) is 4.90 Å². The monoisotopic (exact) mass is 387 g/mol. The van der Waals surface area contributed by atoms with Gasteiger partial charge in [-0.3, -0.25) is 4.79 Å². The number of carbonyl (C=O) groups is 2. The van der Waals surface area contributed by atoms with E-state index in [0.29, 0.717) is 0 Å². The minimum atomic E-state index is -3.48. The predicted octanol–water partition coefficient (Wildman–Crippen LogP) is 3.98. The topological polar surface area (TPSA) is 66.8 Å². The van der Waals surface area contributed by atoms with Crippen LogP contribution in [0.1, 0.15) is 23.5 Å². The van der Waals surface area contributed by atoms with Gasteiger partial charge in [0.1, 0.15) is 12.5 Å². The zero-order chi connectivity index (χ0) is 19.9. The fraction of sp³-hybridized carbons (Fsp3) is 0.333. The number of carboxylic acids is 1. The molecule has 2 aliphatic rings. The zero-order valence-corrected chi connectivity index (χ0v) is 15.0. The quantitative estimate of drug-likeness (QED) is 0.865. The standard InChI is InChI=1S/C21H19F2NO4/c22-21(23)12-24(10-9-18(21)19(25)26)20(27)28-11-17-15-7-3-1-5-13(15)14-6-2-4-8-16(14)17/h1-8,17-18H,9-12H2,(H,25,26)/t18-/m0/s1. The number of likely N-dealkylation sites (tertiary alicyclic amines) is 1. The van der Waals surface area contributed by atoms with Gasteiger partial charge in [0, 0.05) is 12.5 Å². The molecule has 1 atom stereocenters. The van der Waals surface area contributed by atoms with Crippen LogP contribution < -0.4 is 0 Å². The van der Waals surface area contributed by atoms with Crippen molar-refractivity contribution in [1.29, 1.82) is 0 Å². The van der Waals surface area contributed by atoms with E-state index in [1.165, 1.54) is 0 Å². The van der Waals surface area contributed by atoms with Crippen molar-refractivity contribution in [2.45, 2.75) is 18.3 Å². The lowest BCUT2D eigenvalue weighted by Crippen LogP contribution is -2.53. The van der Waals surface area contributed by atoms with Crippen molar-refractivity contribution in [2.24, 2.45) is 5.92 Å². The van der Waals surface area contributed by atoms with Crippen LogP contribution in [0, 0.1) is 5.92 Å². The Labute approximate surface area is 160 Å². The minimum absolute atomic E-state index is 0.0390. The highest BCUT2D eigenvalue weighted by molar-refractivity contribution is 5.79. The summed E-state index contributed by atoms with van der Waals surface area (Å²) in [5, 5.41) is 8.92. The average molecular weight is 387 g/mol. The largest absolute Gasteiger partial charge is 0.481 e. The molecule has 0 saturated carbocycles. The fourth-order valence-corrected chi connectivity index (χ4v) is 4.09. The summed E-state index contributed by atoms with van der Waals surface area (Å²) in [6.07, 6.45) is -1.14. The van der Waals surface area contributed by atoms with E-state index in [1.54, 1.807) is 0 Å². The summed E-state index contributed by atoms with van der Waals surface area (Å²) in [7, 11) is 0. The molecule has 0 spiro atoms. The van der Waals surface area contributed by atoms with Crippen LogP contribution in [0.15, 0.2) is 48.5 Å². The molecule has 28 heavy (non-hydrogen) atoms. The van der Waals surface area contributed by atoms with Gasteiger partial charge in [-0.2, -0.15) is 0 Å². The Kier molecular flexibility index (Phi) is 4.53. The molecule has 1 fully saturated rings. The molecule has 0 radical (unpaired) electrons. The molecule has 5 nitrogen and oxygen atoms in total. The summed E-state index contributed by atoms with van der Waals surface area (Å²) in [6.45, 7) is -0.971. The van der Waals surface area contributed by atoms with Crippen molar-refractivity contribution in [3.05, 3.63) is 59.7 Å². The second-order valence-corrected chi connectivity index (χ2v) is 7.17. The highest BCUT2D eigenvalue weighted by Crippen LogP contribution is 2.44. The maximum absolute atomic E-state index is 14.0. The first-order valence-electron chi connectivity index (χ1n) is 9.09. The molecule has 0 bridgehead atoms. The second kappa shape index (κ2) is 6.89. The molecule has 7 heteroatoms. The van der Waals surface area contributed by atoms with Crippen LogP contribution in [0.3, 0.4) is 0 Å². The first-order chi connectivity index (χ1) is 13.4. The predicted molar refractivity (Wildman–Crippen MR) is 97.3 cm³/mol. The summed E-state index contributed by atoms with van der Waals surface area (Å²) in [4.78, 5) is 24.2. The summed E-state index contributed by atoms with van der Waals surface area (Å²) in [5.74, 6) is -6.95. The minimum Gasteiger partial charge on any atom is -0.481 e. The van der Waals surface area contributed by atoms with Gasteiger partial charge in [0.05, 0.1) is 6.54 Å². The van der Waals surface area contributed by atoms with Gasteiger partial charge in [0.25, 0.3) is 5.92 Å². The van der Waals surface area contributed by atoms with Gasteiger partial charge in [0.2, 0.25) is 0 Å². The fourth-order valence-electron chi connectivity index (χ4n) is 4.09. The Balaban J connectivity index is 1.47. The van der Waals surface area contributed by atoms with E-state index in [-0.39, 0.29) is 25.5 Å². The van der Waals surface area contributed by atoms with E-state index in [2.05, 4.69) is 0 Å². The molecule has 2 aromatic rings. The van der Waals surface area contributed by atoms with Crippen LogP contribution in [0.5, 0.6) is 0 Å². The van der Waals surface area contributed by atoms with Crippen LogP contribution >= 0.6 is 0 Å². The number of benzene rings is 2. The van der Waals surface area contributed by atoms with Crippen molar-refractivity contribution in [3.8, 4) is 11.1 Å².